The van der Waals surface area contributed by atoms with Crippen molar-refractivity contribution in [3.8, 4) is 6.07 Å². The lowest BCUT2D eigenvalue weighted by Gasteiger charge is -2.15. The molecule has 82 valence electrons. The summed E-state index contributed by atoms with van der Waals surface area (Å²) in [4.78, 5) is 1.28. The number of nitriles is 1. The van der Waals surface area contributed by atoms with Crippen molar-refractivity contribution >= 4 is 22.9 Å². The fourth-order valence-corrected chi connectivity index (χ4v) is 2.23. The number of nitrogens with zero attached hydrogens (tertiary/aromatic N) is 1. The Morgan fingerprint density at radius 2 is 2.27 bits per heavy atom. The maximum Gasteiger partial charge on any atom is 0.0931 e. The van der Waals surface area contributed by atoms with Crippen molar-refractivity contribution in [2.24, 2.45) is 5.41 Å². The predicted octanol–water partition coefficient (Wildman–Crippen LogP) is 3.08. The van der Waals surface area contributed by atoms with E-state index in [0.717, 1.165) is 23.8 Å². The fraction of sp³-hybridized carbons (Fsp3) is 0.545. The predicted molar refractivity (Wildman–Crippen MR) is 65.3 cm³/mol. The maximum atomic E-state index is 8.81. The van der Waals surface area contributed by atoms with Gasteiger partial charge in [0, 0.05) is 18.0 Å². The van der Waals surface area contributed by atoms with Crippen LogP contribution >= 0.6 is 22.9 Å². The molecule has 0 amide bonds. The highest BCUT2D eigenvalue weighted by molar-refractivity contribution is 7.16. The van der Waals surface area contributed by atoms with Gasteiger partial charge in [-0.15, -0.1) is 11.3 Å². The lowest BCUT2D eigenvalue weighted by atomic mass is 9.96. The molecule has 15 heavy (non-hydrogen) atoms. The molecule has 0 aliphatic rings. The molecule has 0 bridgehead atoms. The first-order valence-electron chi connectivity index (χ1n) is 4.90. The van der Waals surface area contributed by atoms with Crippen molar-refractivity contribution < 1.29 is 0 Å². The van der Waals surface area contributed by atoms with Gasteiger partial charge in [0.05, 0.1) is 15.8 Å². The Kier molecular flexibility index (Phi) is 4.59. The number of rotatable bonds is 5. The summed E-state index contributed by atoms with van der Waals surface area (Å²) < 4.78 is 0.836. The van der Waals surface area contributed by atoms with Gasteiger partial charge >= 0.3 is 0 Å². The Morgan fingerprint density at radius 1 is 1.53 bits per heavy atom. The highest BCUT2D eigenvalue weighted by Gasteiger charge is 2.15. The summed E-state index contributed by atoms with van der Waals surface area (Å²) in [7, 11) is 0. The van der Waals surface area contributed by atoms with E-state index in [0.29, 0.717) is 0 Å². The second-order valence-corrected chi connectivity index (χ2v) is 5.93. The lowest BCUT2D eigenvalue weighted by Crippen LogP contribution is -2.29. The van der Waals surface area contributed by atoms with Crippen LogP contribution in [0.3, 0.4) is 0 Å². The summed E-state index contributed by atoms with van der Waals surface area (Å²) in [6.07, 6.45) is 0.971. The number of hydrogen-bond donors (Lipinski definition) is 1. The molecule has 0 unspecified atom stereocenters. The van der Waals surface area contributed by atoms with Crippen LogP contribution in [0.5, 0.6) is 0 Å². The summed E-state index contributed by atoms with van der Waals surface area (Å²) in [5, 5.41) is 12.1. The molecule has 0 aliphatic heterocycles. The average molecular weight is 243 g/mol. The summed E-state index contributed by atoms with van der Waals surface area (Å²) in [5.41, 5.74) is -0.285. The van der Waals surface area contributed by atoms with Crippen molar-refractivity contribution in [3.63, 3.8) is 0 Å². The van der Waals surface area contributed by atoms with Crippen LogP contribution in [0.25, 0.3) is 0 Å². The normalized spacial score (nSPS) is 11.3. The van der Waals surface area contributed by atoms with Crippen LogP contribution in [0.1, 0.15) is 18.7 Å². The molecule has 0 fully saturated rings. The molecule has 1 N–H and O–H groups in total. The quantitative estimate of drug-likeness (QED) is 0.806. The van der Waals surface area contributed by atoms with E-state index in [4.69, 9.17) is 16.9 Å². The van der Waals surface area contributed by atoms with Gasteiger partial charge in [-0.25, -0.2) is 0 Å². The summed E-state index contributed by atoms with van der Waals surface area (Å²) in [6.45, 7) is 5.48. The summed E-state index contributed by atoms with van der Waals surface area (Å²) in [6, 6.07) is 6.23. The van der Waals surface area contributed by atoms with Crippen molar-refractivity contribution in [2.45, 2.75) is 20.3 Å². The zero-order valence-electron chi connectivity index (χ0n) is 9.01. The highest BCUT2D eigenvalue weighted by Crippen LogP contribution is 2.21. The van der Waals surface area contributed by atoms with E-state index in [1.807, 2.05) is 26.0 Å². The van der Waals surface area contributed by atoms with Crippen LogP contribution in [0.15, 0.2) is 12.1 Å². The van der Waals surface area contributed by atoms with E-state index >= 15 is 0 Å². The van der Waals surface area contributed by atoms with Crippen molar-refractivity contribution in [1.29, 1.82) is 5.26 Å². The van der Waals surface area contributed by atoms with Gasteiger partial charge in [-0.05, 0) is 32.4 Å². The molecule has 1 aromatic rings. The SMILES string of the molecule is CC(C)(C#N)CNCCc1ccc(Cl)s1. The fourth-order valence-electron chi connectivity index (χ4n) is 1.14. The Balaban J connectivity index is 2.21. The zero-order chi connectivity index (χ0) is 11.3. The molecule has 1 rings (SSSR count). The lowest BCUT2D eigenvalue weighted by molar-refractivity contribution is 0.448. The molecule has 0 aliphatic carbocycles. The molecule has 0 radical (unpaired) electrons. The van der Waals surface area contributed by atoms with Gasteiger partial charge in [-0.3, -0.25) is 0 Å². The molecular formula is C11H15ClN2S. The largest absolute Gasteiger partial charge is 0.315 e. The Bertz CT molecular complexity index is 352. The van der Waals surface area contributed by atoms with E-state index in [1.54, 1.807) is 11.3 Å². The van der Waals surface area contributed by atoms with Crippen LogP contribution < -0.4 is 5.32 Å². The summed E-state index contributed by atoms with van der Waals surface area (Å²) in [5.74, 6) is 0. The third kappa shape index (κ3) is 4.65. The van der Waals surface area contributed by atoms with Gasteiger partial charge in [0.2, 0.25) is 0 Å². The van der Waals surface area contributed by atoms with Gasteiger partial charge < -0.3 is 5.32 Å². The molecular weight excluding hydrogens is 228 g/mol. The monoisotopic (exact) mass is 242 g/mol. The number of halogens is 1. The molecule has 0 saturated carbocycles. The van der Waals surface area contributed by atoms with Crippen molar-refractivity contribution in [2.75, 3.05) is 13.1 Å². The van der Waals surface area contributed by atoms with Gasteiger partial charge in [-0.1, -0.05) is 11.6 Å². The first-order chi connectivity index (χ1) is 7.03. The van der Waals surface area contributed by atoms with Crippen LogP contribution in [0, 0.1) is 16.7 Å². The standard InChI is InChI=1S/C11H15ClN2S/c1-11(2,7-13)8-14-6-5-9-3-4-10(12)15-9/h3-4,14H,5-6,8H2,1-2H3. The van der Waals surface area contributed by atoms with Crippen LogP contribution in [-0.2, 0) is 6.42 Å². The Morgan fingerprint density at radius 3 is 2.80 bits per heavy atom. The Labute approximate surface area is 99.9 Å². The van der Waals surface area contributed by atoms with E-state index in [1.165, 1.54) is 4.88 Å². The third-order valence-corrected chi connectivity index (χ3v) is 3.34. The molecule has 0 spiro atoms. The minimum absolute atomic E-state index is 0.285. The van der Waals surface area contributed by atoms with Crippen molar-refractivity contribution in [3.05, 3.63) is 21.3 Å². The number of hydrogen-bond acceptors (Lipinski definition) is 3. The minimum Gasteiger partial charge on any atom is -0.315 e. The molecule has 4 heteroatoms. The average Bonchev–Trinajstić information content (AvgIpc) is 2.59. The van der Waals surface area contributed by atoms with E-state index in [9.17, 15) is 0 Å². The van der Waals surface area contributed by atoms with Gasteiger partial charge in [0.1, 0.15) is 0 Å². The number of nitrogens with one attached hydrogen (secondary N) is 1. The van der Waals surface area contributed by atoms with Crippen LogP contribution in [0.2, 0.25) is 4.34 Å². The second kappa shape index (κ2) is 5.50. The highest BCUT2D eigenvalue weighted by atomic mass is 35.5. The van der Waals surface area contributed by atoms with E-state index in [2.05, 4.69) is 11.4 Å². The Hall–Kier alpha value is -0.560. The van der Waals surface area contributed by atoms with E-state index < -0.39 is 0 Å². The molecule has 0 aromatic carbocycles. The minimum atomic E-state index is -0.285. The zero-order valence-corrected chi connectivity index (χ0v) is 10.6. The third-order valence-electron chi connectivity index (χ3n) is 2.05. The van der Waals surface area contributed by atoms with Crippen LogP contribution in [0.4, 0.5) is 0 Å². The van der Waals surface area contributed by atoms with Gasteiger partial charge in [-0.2, -0.15) is 5.26 Å². The van der Waals surface area contributed by atoms with Gasteiger partial charge in [0.15, 0.2) is 0 Å². The summed E-state index contributed by atoms with van der Waals surface area (Å²) >= 11 is 7.44. The number of thiophene rings is 1. The topological polar surface area (TPSA) is 35.8 Å². The molecule has 0 saturated heterocycles. The molecule has 1 aromatic heterocycles. The second-order valence-electron chi connectivity index (χ2n) is 4.13. The van der Waals surface area contributed by atoms with Crippen LogP contribution in [-0.4, -0.2) is 13.1 Å². The first-order valence-corrected chi connectivity index (χ1v) is 6.09. The van der Waals surface area contributed by atoms with Gasteiger partial charge in [0.25, 0.3) is 0 Å². The molecule has 1 heterocycles. The van der Waals surface area contributed by atoms with E-state index in [-0.39, 0.29) is 5.41 Å². The maximum absolute atomic E-state index is 8.81. The smallest absolute Gasteiger partial charge is 0.0931 e. The molecule has 2 nitrogen and oxygen atoms in total. The van der Waals surface area contributed by atoms with Crippen molar-refractivity contribution in [1.82, 2.24) is 5.32 Å². The first kappa shape index (κ1) is 12.5. The molecule has 0 atom stereocenters.